The lowest BCUT2D eigenvalue weighted by molar-refractivity contribution is 0.121. The van der Waals surface area contributed by atoms with Crippen LogP contribution in [0.25, 0.3) is 0 Å². The number of hydrogen-bond acceptors (Lipinski definition) is 4. The number of hydrogen-bond donors (Lipinski definition) is 2. The topological polar surface area (TPSA) is 66.4 Å². The maximum atomic E-state index is 12.2. The molecule has 5 heteroatoms. The zero-order valence-electron chi connectivity index (χ0n) is 10.1. The zero-order chi connectivity index (χ0) is 12.8. The first-order chi connectivity index (χ1) is 8.59. The van der Waals surface area contributed by atoms with Gasteiger partial charge >= 0.3 is 0 Å². The second kappa shape index (κ2) is 4.05. The first kappa shape index (κ1) is 12.1. The van der Waals surface area contributed by atoms with E-state index in [0.717, 1.165) is 18.5 Å². The van der Waals surface area contributed by atoms with Crippen LogP contribution in [0.15, 0.2) is 29.2 Å². The van der Waals surface area contributed by atoms with Crippen molar-refractivity contribution in [2.75, 3.05) is 25.4 Å². The Hall–Kier alpha value is -0.910. The van der Waals surface area contributed by atoms with Crippen LogP contribution in [0.4, 0.5) is 0 Å². The fourth-order valence-corrected chi connectivity index (χ4v) is 5.27. The van der Waals surface area contributed by atoms with E-state index in [2.05, 4.69) is 5.32 Å². The molecule has 3 rings (SSSR count). The molecule has 1 saturated heterocycles. The summed E-state index contributed by atoms with van der Waals surface area (Å²) in [6, 6.07) is 7.20. The Labute approximate surface area is 107 Å². The minimum absolute atomic E-state index is 0.0362. The van der Waals surface area contributed by atoms with Crippen LogP contribution in [0.5, 0.6) is 0 Å². The van der Waals surface area contributed by atoms with Crippen molar-refractivity contribution in [3.63, 3.8) is 0 Å². The van der Waals surface area contributed by atoms with Crippen molar-refractivity contribution >= 4 is 9.84 Å². The van der Waals surface area contributed by atoms with E-state index >= 15 is 0 Å². The van der Waals surface area contributed by atoms with Crippen molar-refractivity contribution in [3.05, 3.63) is 29.8 Å². The molecule has 2 heterocycles. The van der Waals surface area contributed by atoms with Gasteiger partial charge in [0.25, 0.3) is 0 Å². The van der Waals surface area contributed by atoms with Gasteiger partial charge in [-0.15, -0.1) is 0 Å². The lowest BCUT2D eigenvalue weighted by Gasteiger charge is -2.32. The SMILES string of the molecule is O=S1(=O)CC(C2(CO)CCNC2)c2ccccc21. The van der Waals surface area contributed by atoms with Gasteiger partial charge in [-0.3, -0.25) is 0 Å². The van der Waals surface area contributed by atoms with Crippen molar-refractivity contribution in [1.29, 1.82) is 0 Å². The minimum atomic E-state index is -3.18. The number of sulfone groups is 1. The number of aliphatic hydroxyl groups excluding tert-OH is 1. The molecule has 0 bridgehead atoms. The van der Waals surface area contributed by atoms with E-state index < -0.39 is 9.84 Å². The third-order valence-corrected chi connectivity index (χ3v) is 6.16. The number of fused-ring (bicyclic) bond motifs is 1. The zero-order valence-corrected chi connectivity index (χ0v) is 10.9. The van der Waals surface area contributed by atoms with Gasteiger partial charge in [0, 0.05) is 17.9 Å². The van der Waals surface area contributed by atoms with E-state index in [1.165, 1.54) is 0 Å². The van der Waals surface area contributed by atoms with Crippen LogP contribution in [0, 0.1) is 5.41 Å². The van der Waals surface area contributed by atoms with Crippen molar-refractivity contribution in [2.24, 2.45) is 5.41 Å². The van der Waals surface area contributed by atoms with Crippen LogP contribution >= 0.6 is 0 Å². The molecular formula is C13H17NO3S. The van der Waals surface area contributed by atoms with Gasteiger partial charge < -0.3 is 10.4 Å². The predicted molar refractivity (Wildman–Crippen MR) is 68.2 cm³/mol. The summed E-state index contributed by atoms with van der Waals surface area (Å²) in [5.74, 6) is 0.0490. The van der Waals surface area contributed by atoms with Crippen LogP contribution in [0.3, 0.4) is 0 Å². The van der Waals surface area contributed by atoms with Crippen LogP contribution in [-0.4, -0.2) is 39.0 Å². The van der Waals surface area contributed by atoms with E-state index in [1.54, 1.807) is 12.1 Å². The Morgan fingerprint density at radius 3 is 2.83 bits per heavy atom. The van der Waals surface area contributed by atoms with Gasteiger partial charge in [-0.25, -0.2) is 8.42 Å². The second-order valence-corrected chi connectivity index (χ2v) is 7.32. The molecule has 1 aromatic carbocycles. The summed E-state index contributed by atoms with van der Waals surface area (Å²) in [4.78, 5) is 0.453. The van der Waals surface area contributed by atoms with Crippen molar-refractivity contribution in [2.45, 2.75) is 17.2 Å². The molecule has 0 amide bonds. The minimum Gasteiger partial charge on any atom is -0.396 e. The summed E-state index contributed by atoms with van der Waals surface area (Å²) in [6.07, 6.45) is 0.831. The van der Waals surface area contributed by atoms with Crippen LogP contribution in [0.1, 0.15) is 17.9 Å². The van der Waals surface area contributed by atoms with Crippen molar-refractivity contribution in [3.8, 4) is 0 Å². The van der Waals surface area contributed by atoms with Crippen LogP contribution in [0.2, 0.25) is 0 Å². The lowest BCUT2D eigenvalue weighted by atomic mass is 9.73. The van der Waals surface area contributed by atoms with Gasteiger partial charge in [0.15, 0.2) is 9.84 Å². The molecule has 2 atom stereocenters. The molecule has 0 saturated carbocycles. The predicted octanol–water partition coefficient (Wildman–Crippen LogP) is 0.529. The summed E-state index contributed by atoms with van der Waals surface area (Å²) in [5, 5.41) is 13.0. The molecule has 2 unspecified atom stereocenters. The molecule has 98 valence electrons. The number of nitrogens with one attached hydrogen (secondary N) is 1. The largest absolute Gasteiger partial charge is 0.396 e. The molecule has 2 N–H and O–H groups in total. The molecule has 1 fully saturated rings. The fraction of sp³-hybridized carbons (Fsp3) is 0.538. The Morgan fingerprint density at radius 2 is 2.17 bits per heavy atom. The average Bonchev–Trinajstić information content (AvgIpc) is 2.94. The molecule has 4 nitrogen and oxygen atoms in total. The molecule has 0 aromatic heterocycles. The maximum Gasteiger partial charge on any atom is 0.179 e. The molecule has 1 aromatic rings. The smallest absolute Gasteiger partial charge is 0.179 e. The summed E-state index contributed by atoms with van der Waals surface area (Å²) >= 11 is 0. The quantitative estimate of drug-likeness (QED) is 0.820. The third kappa shape index (κ3) is 1.61. The highest BCUT2D eigenvalue weighted by atomic mass is 32.2. The Balaban J connectivity index is 2.11. The Bertz CT molecular complexity index is 561. The summed E-state index contributed by atoms with van der Waals surface area (Å²) in [5.41, 5.74) is 0.565. The Kier molecular flexibility index (Phi) is 2.73. The van der Waals surface area contributed by atoms with E-state index in [4.69, 9.17) is 0 Å². The molecule has 2 aliphatic heterocycles. The van der Waals surface area contributed by atoms with E-state index in [1.807, 2.05) is 12.1 Å². The molecule has 0 aliphatic carbocycles. The number of benzene rings is 1. The van der Waals surface area contributed by atoms with E-state index in [0.29, 0.717) is 11.4 Å². The monoisotopic (exact) mass is 267 g/mol. The number of rotatable bonds is 2. The van der Waals surface area contributed by atoms with Gasteiger partial charge in [0.1, 0.15) is 0 Å². The molecule has 18 heavy (non-hydrogen) atoms. The second-order valence-electron chi connectivity index (χ2n) is 5.32. The van der Waals surface area contributed by atoms with Crippen LogP contribution in [-0.2, 0) is 9.84 Å². The van der Waals surface area contributed by atoms with Crippen LogP contribution < -0.4 is 5.32 Å². The van der Waals surface area contributed by atoms with Gasteiger partial charge in [0.2, 0.25) is 0 Å². The molecule has 0 spiro atoms. The first-order valence-electron chi connectivity index (χ1n) is 6.22. The van der Waals surface area contributed by atoms with E-state index in [-0.39, 0.29) is 23.7 Å². The highest BCUT2D eigenvalue weighted by molar-refractivity contribution is 7.91. The highest BCUT2D eigenvalue weighted by Gasteiger charge is 2.48. The lowest BCUT2D eigenvalue weighted by Crippen LogP contribution is -2.36. The number of aliphatic hydroxyl groups is 1. The normalized spacial score (nSPS) is 33.5. The summed E-state index contributed by atoms with van der Waals surface area (Å²) in [7, 11) is -3.18. The highest BCUT2D eigenvalue weighted by Crippen LogP contribution is 2.48. The summed E-state index contributed by atoms with van der Waals surface area (Å²) in [6.45, 7) is 1.58. The summed E-state index contributed by atoms with van der Waals surface area (Å²) < 4.78 is 24.4. The first-order valence-corrected chi connectivity index (χ1v) is 7.88. The van der Waals surface area contributed by atoms with E-state index in [9.17, 15) is 13.5 Å². The van der Waals surface area contributed by atoms with Crippen molar-refractivity contribution < 1.29 is 13.5 Å². The van der Waals surface area contributed by atoms with Crippen molar-refractivity contribution in [1.82, 2.24) is 5.32 Å². The fourth-order valence-electron chi connectivity index (χ4n) is 3.26. The average molecular weight is 267 g/mol. The standard InChI is InChI=1S/C13H17NO3S/c15-9-13(5-6-14-8-13)11-7-18(16,17)12-4-2-1-3-10(11)12/h1-4,11,14-15H,5-9H2. The van der Waals surface area contributed by atoms with Gasteiger partial charge in [0.05, 0.1) is 17.3 Å². The third-order valence-electron chi connectivity index (χ3n) is 4.35. The van der Waals surface area contributed by atoms with Gasteiger partial charge in [-0.1, -0.05) is 18.2 Å². The molecule has 2 aliphatic rings. The molecule has 0 radical (unpaired) electrons. The maximum absolute atomic E-state index is 12.2. The van der Waals surface area contributed by atoms with Gasteiger partial charge in [-0.2, -0.15) is 0 Å². The molecular weight excluding hydrogens is 250 g/mol. The van der Waals surface area contributed by atoms with Gasteiger partial charge in [-0.05, 0) is 24.6 Å². The Morgan fingerprint density at radius 1 is 1.39 bits per heavy atom.